The molecular formula is C21H32ClN3O2. The molecule has 0 aliphatic carbocycles. The van der Waals surface area contributed by atoms with Crippen LogP contribution in [0.25, 0.3) is 0 Å². The lowest BCUT2D eigenvalue weighted by Crippen LogP contribution is -2.46. The summed E-state index contributed by atoms with van der Waals surface area (Å²) in [4.78, 5) is 29.0. The monoisotopic (exact) mass is 393 g/mol. The molecule has 27 heavy (non-hydrogen) atoms. The summed E-state index contributed by atoms with van der Waals surface area (Å²) in [5.41, 5.74) is 2.22. The molecule has 0 spiro atoms. The first-order valence-corrected chi connectivity index (χ1v) is 9.97. The van der Waals surface area contributed by atoms with Gasteiger partial charge in [-0.3, -0.25) is 9.59 Å². The minimum absolute atomic E-state index is 0. The van der Waals surface area contributed by atoms with E-state index in [0.717, 1.165) is 38.0 Å². The number of aryl methyl sites for hydroxylation is 1. The highest BCUT2D eigenvalue weighted by Crippen LogP contribution is 2.27. The van der Waals surface area contributed by atoms with Crippen LogP contribution in [0.5, 0.6) is 0 Å². The number of likely N-dealkylation sites (tertiary alicyclic amines) is 1. The molecule has 1 aromatic carbocycles. The number of nitrogens with one attached hydrogen (secondary N) is 1. The van der Waals surface area contributed by atoms with E-state index in [-0.39, 0.29) is 30.1 Å². The third-order valence-corrected chi connectivity index (χ3v) is 5.76. The summed E-state index contributed by atoms with van der Waals surface area (Å²) in [7, 11) is 1.98. The van der Waals surface area contributed by atoms with Crippen LogP contribution in [0.1, 0.15) is 44.6 Å². The van der Waals surface area contributed by atoms with Crippen LogP contribution in [0.3, 0.4) is 0 Å². The SMILES string of the molecule is CCCCc1ccc(N2CC(C(=O)N3CCC(NC)CC3)CC2=O)cc1.Cl. The number of carbonyl (C=O) groups excluding carboxylic acids is 2. The van der Waals surface area contributed by atoms with Crippen molar-refractivity contribution in [1.82, 2.24) is 10.2 Å². The van der Waals surface area contributed by atoms with Gasteiger partial charge in [-0.15, -0.1) is 12.4 Å². The fourth-order valence-corrected chi connectivity index (χ4v) is 3.99. The summed E-state index contributed by atoms with van der Waals surface area (Å²) in [6, 6.07) is 8.76. The number of unbranched alkanes of at least 4 members (excludes halogenated alkanes) is 1. The molecule has 1 unspecified atom stereocenters. The van der Waals surface area contributed by atoms with Crippen molar-refractivity contribution in [3.63, 3.8) is 0 Å². The maximum atomic E-state index is 12.8. The number of amides is 2. The lowest BCUT2D eigenvalue weighted by atomic mass is 10.0. The lowest BCUT2D eigenvalue weighted by molar-refractivity contribution is -0.136. The highest BCUT2D eigenvalue weighted by Gasteiger charge is 2.37. The Labute approximate surface area is 168 Å². The number of benzene rings is 1. The largest absolute Gasteiger partial charge is 0.342 e. The summed E-state index contributed by atoms with van der Waals surface area (Å²) >= 11 is 0. The zero-order valence-electron chi connectivity index (χ0n) is 16.4. The van der Waals surface area contributed by atoms with Gasteiger partial charge in [-0.05, 0) is 50.4 Å². The molecule has 150 valence electrons. The van der Waals surface area contributed by atoms with Gasteiger partial charge in [0.1, 0.15) is 0 Å². The molecule has 2 heterocycles. The molecule has 3 rings (SSSR count). The maximum Gasteiger partial charge on any atom is 0.228 e. The van der Waals surface area contributed by atoms with E-state index in [9.17, 15) is 9.59 Å². The van der Waals surface area contributed by atoms with Gasteiger partial charge in [-0.25, -0.2) is 0 Å². The molecule has 2 aliphatic rings. The van der Waals surface area contributed by atoms with Crippen molar-refractivity contribution in [2.75, 3.05) is 31.6 Å². The Morgan fingerprint density at radius 3 is 2.44 bits per heavy atom. The summed E-state index contributed by atoms with van der Waals surface area (Å²) in [5, 5.41) is 3.29. The first kappa shape index (κ1) is 21.7. The Morgan fingerprint density at radius 1 is 1.19 bits per heavy atom. The topological polar surface area (TPSA) is 52.7 Å². The van der Waals surface area contributed by atoms with Gasteiger partial charge in [0, 0.05) is 37.8 Å². The second-order valence-corrected chi connectivity index (χ2v) is 7.56. The Bertz CT molecular complexity index is 627. The smallest absolute Gasteiger partial charge is 0.228 e. The number of carbonyl (C=O) groups is 2. The number of anilines is 1. The van der Waals surface area contributed by atoms with Gasteiger partial charge >= 0.3 is 0 Å². The molecule has 0 radical (unpaired) electrons. The third-order valence-electron chi connectivity index (χ3n) is 5.76. The van der Waals surface area contributed by atoms with Crippen LogP contribution < -0.4 is 10.2 Å². The van der Waals surface area contributed by atoms with E-state index in [0.29, 0.717) is 19.0 Å². The molecule has 6 heteroatoms. The number of halogens is 1. The van der Waals surface area contributed by atoms with Crippen molar-refractivity contribution in [2.45, 2.75) is 51.5 Å². The molecule has 0 aromatic heterocycles. The van der Waals surface area contributed by atoms with Gasteiger partial charge in [0.15, 0.2) is 0 Å². The molecule has 2 saturated heterocycles. The molecule has 1 atom stereocenters. The molecule has 2 fully saturated rings. The molecule has 0 bridgehead atoms. The summed E-state index contributed by atoms with van der Waals surface area (Å²) in [6.45, 7) is 4.29. The minimum atomic E-state index is -0.201. The predicted octanol–water partition coefficient (Wildman–Crippen LogP) is 3.01. The average Bonchev–Trinajstić information content (AvgIpc) is 3.08. The van der Waals surface area contributed by atoms with Crippen molar-refractivity contribution < 1.29 is 9.59 Å². The molecule has 2 amide bonds. The maximum absolute atomic E-state index is 12.8. The average molecular weight is 394 g/mol. The van der Waals surface area contributed by atoms with E-state index in [1.807, 2.05) is 24.1 Å². The van der Waals surface area contributed by atoms with Crippen molar-refractivity contribution in [1.29, 1.82) is 0 Å². The normalized spacial score (nSPS) is 20.7. The van der Waals surface area contributed by atoms with Crippen molar-refractivity contribution >= 4 is 29.9 Å². The van der Waals surface area contributed by atoms with Crippen LogP contribution in [-0.2, 0) is 16.0 Å². The van der Waals surface area contributed by atoms with Crippen molar-refractivity contribution in [3.05, 3.63) is 29.8 Å². The molecule has 1 aromatic rings. The van der Waals surface area contributed by atoms with E-state index in [4.69, 9.17) is 0 Å². The van der Waals surface area contributed by atoms with Gasteiger partial charge in [0.05, 0.1) is 5.92 Å². The zero-order chi connectivity index (χ0) is 18.5. The highest BCUT2D eigenvalue weighted by atomic mass is 35.5. The summed E-state index contributed by atoms with van der Waals surface area (Å²) < 4.78 is 0. The van der Waals surface area contributed by atoms with E-state index in [1.165, 1.54) is 18.4 Å². The van der Waals surface area contributed by atoms with Crippen molar-refractivity contribution in [2.24, 2.45) is 5.92 Å². The lowest BCUT2D eigenvalue weighted by Gasteiger charge is -2.33. The summed E-state index contributed by atoms with van der Waals surface area (Å²) in [5.74, 6) is 0.0122. The van der Waals surface area contributed by atoms with Gasteiger partial charge in [0.2, 0.25) is 11.8 Å². The van der Waals surface area contributed by atoms with E-state index >= 15 is 0 Å². The van der Waals surface area contributed by atoms with E-state index in [1.54, 1.807) is 4.90 Å². The molecule has 1 N–H and O–H groups in total. The minimum Gasteiger partial charge on any atom is -0.342 e. The second-order valence-electron chi connectivity index (χ2n) is 7.56. The Balaban J connectivity index is 0.00000261. The van der Waals surface area contributed by atoms with Gasteiger partial charge in [0.25, 0.3) is 0 Å². The molecular weight excluding hydrogens is 362 g/mol. The predicted molar refractivity (Wildman–Crippen MR) is 111 cm³/mol. The number of hydrogen-bond donors (Lipinski definition) is 1. The van der Waals surface area contributed by atoms with Crippen LogP contribution in [0, 0.1) is 5.92 Å². The quantitative estimate of drug-likeness (QED) is 0.808. The fraction of sp³-hybridized carbons (Fsp3) is 0.619. The fourth-order valence-electron chi connectivity index (χ4n) is 3.99. The van der Waals surface area contributed by atoms with Crippen LogP contribution in [0.4, 0.5) is 5.69 Å². The van der Waals surface area contributed by atoms with Gasteiger partial charge in [-0.1, -0.05) is 25.5 Å². The zero-order valence-corrected chi connectivity index (χ0v) is 17.3. The second kappa shape index (κ2) is 10.1. The Morgan fingerprint density at radius 2 is 1.85 bits per heavy atom. The molecule has 0 saturated carbocycles. The van der Waals surface area contributed by atoms with Crippen LogP contribution in [-0.4, -0.2) is 49.4 Å². The number of piperidine rings is 1. The van der Waals surface area contributed by atoms with Crippen molar-refractivity contribution in [3.8, 4) is 0 Å². The van der Waals surface area contributed by atoms with Crippen LogP contribution >= 0.6 is 12.4 Å². The standard InChI is InChI=1S/C21H31N3O2.ClH/c1-3-4-5-16-6-8-19(9-7-16)24-15-17(14-20(24)25)21(26)23-12-10-18(22-2)11-13-23;/h6-9,17-18,22H,3-5,10-15H2,1-2H3;1H. The first-order valence-electron chi connectivity index (χ1n) is 9.97. The number of hydrogen-bond acceptors (Lipinski definition) is 3. The van der Waals surface area contributed by atoms with Gasteiger partial charge < -0.3 is 15.1 Å². The highest BCUT2D eigenvalue weighted by molar-refractivity contribution is 6.00. The molecule has 2 aliphatic heterocycles. The van der Waals surface area contributed by atoms with E-state index in [2.05, 4.69) is 24.4 Å². The van der Waals surface area contributed by atoms with Gasteiger partial charge in [-0.2, -0.15) is 0 Å². The first-order chi connectivity index (χ1) is 12.6. The van der Waals surface area contributed by atoms with Crippen LogP contribution in [0.15, 0.2) is 24.3 Å². The van der Waals surface area contributed by atoms with Crippen LogP contribution in [0.2, 0.25) is 0 Å². The number of rotatable bonds is 6. The number of nitrogens with zero attached hydrogens (tertiary/aromatic N) is 2. The molecule has 5 nitrogen and oxygen atoms in total. The third kappa shape index (κ3) is 5.23. The summed E-state index contributed by atoms with van der Waals surface area (Å²) in [6.07, 6.45) is 5.76. The Kier molecular flexibility index (Phi) is 8.11. The van der Waals surface area contributed by atoms with E-state index < -0.39 is 0 Å². The Hall–Kier alpha value is -1.59.